The van der Waals surface area contributed by atoms with E-state index in [0.717, 1.165) is 7.05 Å². The summed E-state index contributed by atoms with van der Waals surface area (Å²) in [6.07, 6.45) is -12.2. The fourth-order valence-electron chi connectivity index (χ4n) is 6.57. The number of hydrogen-bond donors (Lipinski definition) is 2. The van der Waals surface area contributed by atoms with E-state index in [9.17, 15) is 29.4 Å². The molecule has 0 bridgehead atoms. The lowest BCUT2D eigenvalue weighted by molar-refractivity contribution is -0.288. The van der Waals surface area contributed by atoms with Crippen LogP contribution in [0.15, 0.2) is 72.8 Å². The molecule has 0 fully saturated rings. The Hall–Kier alpha value is -5.66. The van der Waals surface area contributed by atoms with Crippen LogP contribution in [-0.2, 0) is 10.8 Å². The average molecular weight is 697 g/mol. The summed E-state index contributed by atoms with van der Waals surface area (Å²) >= 11 is 0. The molecule has 0 aliphatic carbocycles. The Morgan fingerprint density at radius 1 is 0.540 bits per heavy atom. The van der Waals surface area contributed by atoms with Gasteiger partial charge in [0.25, 0.3) is 23.6 Å². The smallest absolute Gasteiger partial charge is 0.411 e. The highest BCUT2D eigenvalue weighted by Crippen LogP contribution is 2.57. The molecule has 0 atom stereocenters. The van der Waals surface area contributed by atoms with Gasteiger partial charge in [-0.05, 0) is 77.2 Å². The standard InChI is InChI=1S/C36H26F6N2O6/c1-17-13-18(7-11-27(17)45)33(2,3)19-8-12-28(46)26(16-19)44-31(49)23-10-6-21(15-25(23)32(44)50)34(35(37,38)39,36(40,41)42)20-5-9-22-24(14-20)30(48)43(4)29(22)47/h5-16,45-46H,1-4H3. The topological polar surface area (TPSA) is 115 Å². The molecule has 2 N–H and O–H groups in total. The van der Waals surface area contributed by atoms with Gasteiger partial charge in [-0.15, -0.1) is 0 Å². The van der Waals surface area contributed by atoms with Gasteiger partial charge in [0.05, 0.1) is 27.9 Å². The molecule has 8 nitrogen and oxygen atoms in total. The molecule has 2 aliphatic heterocycles. The van der Waals surface area contributed by atoms with Crippen LogP contribution in [0.3, 0.4) is 0 Å². The summed E-state index contributed by atoms with van der Waals surface area (Å²) in [6, 6.07) is 11.9. The highest BCUT2D eigenvalue weighted by Gasteiger charge is 2.73. The van der Waals surface area contributed by atoms with E-state index >= 15 is 26.3 Å². The van der Waals surface area contributed by atoms with Crippen LogP contribution < -0.4 is 4.90 Å². The summed E-state index contributed by atoms with van der Waals surface area (Å²) in [4.78, 5) is 53.3. The second-order valence-corrected chi connectivity index (χ2v) is 12.7. The summed E-state index contributed by atoms with van der Waals surface area (Å²) in [7, 11) is 1.03. The molecule has 2 aliphatic rings. The van der Waals surface area contributed by atoms with Gasteiger partial charge in [-0.25, -0.2) is 4.90 Å². The molecule has 4 aromatic rings. The molecule has 0 aromatic heterocycles. The first-order valence-electron chi connectivity index (χ1n) is 14.9. The van der Waals surface area contributed by atoms with Crippen LogP contribution in [0.1, 0.15) is 83.1 Å². The fourth-order valence-corrected chi connectivity index (χ4v) is 6.57. The predicted molar refractivity (Wildman–Crippen MR) is 166 cm³/mol. The van der Waals surface area contributed by atoms with Crippen molar-refractivity contribution in [2.75, 3.05) is 11.9 Å². The van der Waals surface area contributed by atoms with Crippen LogP contribution in [0.4, 0.5) is 32.0 Å². The largest absolute Gasteiger partial charge is 0.508 e. The summed E-state index contributed by atoms with van der Waals surface area (Å²) < 4.78 is 90.1. The van der Waals surface area contributed by atoms with Gasteiger partial charge in [-0.2, -0.15) is 26.3 Å². The van der Waals surface area contributed by atoms with Crippen molar-refractivity contribution in [2.45, 2.75) is 44.0 Å². The Labute approximate surface area is 280 Å². The first kappa shape index (κ1) is 34.2. The highest BCUT2D eigenvalue weighted by molar-refractivity contribution is 6.35. The maximum absolute atomic E-state index is 15.0. The summed E-state index contributed by atoms with van der Waals surface area (Å²) in [5, 5.41) is 20.7. The molecular formula is C36H26F6N2O6. The quantitative estimate of drug-likeness (QED) is 0.169. The first-order valence-corrected chi connectivity index (χ1v) is 14.9. The predicted octanol–water partition coefficient (Wildman–Crippen LogP) is 7.17. The van der Waals surface area contributed by atoms with E-state index in [2.05, 4.69) is 0 Å². The van der Waals surface area contributed by atoms with E-state index in [1.807, 2.05) is 0 Å². The Balaban J connectivity index is 1.49. The summed E-state index contributed by atoms with van der Waals surface area (Å²) in [6.45, 7) is 5.26. The number of halogens is 6. The van der Waals surface area contributed by atoms with E-state index in [-0.39, 0.29) is 17.0 Å². The van der Waals surface area contributed by atoms with Crippen molar-refractivity contribution in [3.05, 3.63) is 123 Å². The first-order chi connectivity index (χ1) is 23.1. The molecule has 6 rings (SSSR count). The van der Waals surface area contributed by atoms with Crippen LogP contribution in [0.25, 0.3) is 0 Å². The van der Waals surface area contributed by atoms with Crippen molar-refractivity contribution in [3.63, 3.8) is 0 Å². The van der Waals surface area contributed by atoms with Crippen LogP contribution >= 0.6 is 0 Å². The zero-order valence-electron chi connectivity index (χ0n) is 26.6. The van der Waals surface area contributed by atoms with Crippen LogP contribution in [0.2, 0.25) is 0 Å². The third kappa shape index (κ3) is 4.68. The van der Waals surface area contributed by atoms with Crippen molar-refractivity contribution < 1.29 is 55.7 Å². The minimum absolute atomic E-state index is 0.0498. The minimum Gasteiger partial charge on any atom is -0.508 e. The molecule has 0 spiro atoms. The van der Waals surface area contributed by atoms with Crippen molar-refractivity contribution in [1.29, 1.82) is 0 Å². The molecule has 0 saturated carbocycles. The number of aromatic hydroxyl groups is 2. The van der Waals surface area contributed by atoms with Gasteiger partial charge >= 0.3 is 12.4 Å². The molecular weight excluding hydrogens is 670 g/mol. The van der Waals surface area contributed by atoms with E-state index in [1.54, 1.807) is 32.9 Å². The molecule has 2 heterocycles. The minimum atomic E-state index is -6.11. The van der Waals surface area contributed by atoms with Gasteiger partial charge in [0.15, 0.2) is 0 Å². The Kier molecular flexibility index (Phi) is 7.47. The number of hydrogen-bond acceptors (Lipinski definition) is 6. The number of rotatable bonds is 5. The van der Waals surface area contributed by atoms with Gasteiger partial charge in [-0.1, -0.05) is 44.2 Å². The van der Waals surface area contributed by atoms with Gasteiger partial charge in [0.2, 0.25) is 5.41 Å². The van der Waals surface area contributed by atoms with Crippen molar-refractivity contribution in [1.82, 2.24) is 4.90 Å². The molecule has 14 heteroatoms. The maximum atomic E-state index is 15.0. The monoisotopic (exact) mass is 696 g/mol. The number of phenolic OH excluding ortho intramolecular Hbond substituents is 2. The van der Waals surface area contributed by atoms with E-state index in [0.29, 0.717) is 62.9 Å². The number of benzene rings is 4. The zero-order valence-corrected chi connectivity index (χ0v) is 26.6. The maximum Gasteiger partial charge on any atom is 0.411 e. The molecule has 4 aromatic carbocycles. The van der Waals surface area contributed by atoms with Crippen LogP contribution in [0.5, 0.6) is 11.5 Å². The Morgan fingerprint density at radius 2 is 0.960 bits per heavy atom. The van der Waals surface area contributed by atoms with E-state index in [1.165, 1.54) is 24.3 Å². The Bertz CT molecular complexity index is 2160. The zero-order chi connectivity index (χ0) is 36.9. The second kappa shape index (κ2) is 10.9. The SMILES string of the molecule is Cc1cc(C(C)(C)c2ccc(O)c(N3C(=O)c4ccc(C(c5ccc6c(c5)C(=O)N(C)C6=O)(C(F)(F)F)C(F)(F)F)cc4C3=O)c2)ccc1O. The number of nitrogens with zero attached hydrogens (tertiary/aromatic N) is 2. The van der Waals surface area contributed by atoms with Gasteiger partial charge in [0.1, 0.15) is 11.5 Å². The molecule has 0 saturated heterocycles. The number of carbonyl (C=O) groups is 4. The summed E-state index contributed by atoms with van der Waals surface area (Å²) in [5.74, 6) is -4.90. The van der Waals surface area contributed by atoms with Crippen molar-refractivity contribution >= 4 is 29.3 Å². The van der Waals surface area contributed by atoms with E-state index < -0.39 is 80.4 Å². The van der Waals surface area contributed by atoms with Crippen molar-refractivity contribution in [3.8, 4) is 11.5 Å². The molecule has 258 valence electrons. The van der Waals surface area contributed by atoms with E-state index in [4.69, 9.17) is 0 Å². The third-order valence-electron chi connectivity index (χ3n) is 9.55. The summed E-state index contributed by atoms with van der Waals surface area (Å²) in [5.41, 5.74) is -9.50. The molecule has 0 radical (unpaired) electrons. The van der Waals surface area contributed by atoms with Crippen molar-refractivity contribution in [2.24, 2.45) is 0 Å². The van der Waals surface area contributed by atoms with Gasteiger partial charge in [0, 0.05) is 12.5 Å². The molecule has 0 unspecified atom stereocenters. The normalized spacial score (nSPS) is 15.2. The number of aryl methyl sites for hydroxylation is 1. The van der Waals surface area contributed by atoms with Crippen LogP contribution in [-0.4, -0.2) is 58.1 Å². The average Bonchev–Trinajstić information content (AvgIpc) is 3.40. The number of amides is 4. The number of fused-ring (bicyclic) bond motifs is 2. The van der Waals surface area contributed by atoms with Gasteiger partial charge < -0.3 is 10.2 Å². The lowest BCUT2D eigenvalue weighted by Gasteiger charge is -2.38. The number of anilines is 1. The lowest BCUT2D eigenvalue weighted by Crippen LogP contribution is -2.55. The van der Waals surface area contributed by atoms with Crippen LogP contribution in [0, 0.1) is 6.92 Å². The molecule has 50 heavy (non-hydrogen) atoms. The Morgan fingerprint density at radius 3 is 1.48 bits per heavy atom. The number of alkyl halides is 6. The second-order valence-electron chi connectivity index (χ2n) is 12.7. The fraction of sp³-hybridized carbons (Fsp3) is 0.222. The highest BCUT2D eigenvalue weighted by atomic mass is 19.4. The number of imide groups is 2. The number of carbonyl (C=O) groups excluding carboxylic acids is 4. The third-order valence-corrected chi connectivity index (χ3v) is 9.55. The number of phenols is 2. The lowest BCUT2D eigenvalue weighted by atomic mass is 9.71. The van der Waals surface area contributed by atoms with Gasteiger partial charge in [-0.3, -0.25) is 24.1 Å². The molecule has 4 amide bonds.